The van der Waals surface area contributed by atoms with Crippen LogP contribution < -0.4 is 14.5 Å². The van der Waals surface area contributed by atoms with Gasteiger partial charge in [-0.15, -0.1) is 0 Å². The lowest BCUT2D eigenvalue weighted by Gasteiger charge is -2.35. The second-order valence-electron chi connectivity index (χ2n) is 7.07. The lowest BCUT2D eigenvalue weighted by atomic mass is 10.1. The first-order chi connectivity index (χ1) is 13.1. The molecule has 1 aliphatic rings. The molecule has 0 saturated carbocycles. The number of aryl methyl sites for hydroxylation is 2. The van der Waals surface area contributed by atoms with Crippen LogP contribution >= 0.6 is 0 Å². The number of anilines is 3. The number of nitrogens with one attached hydrogen (secondary N) is 1. The number of hydrogen-bond acceptors (Lipinski definition) is 4. The van der Waals surface area contributed by atoms with Crippen LogP contribution in [-0.4, -0.2) is 39.1 Å². The van der Waals surface area contributed by atoms with Gasteiger partial charge in [-0.2, -0.15) is 0 Å². The van der Waals surface area contributed by atoms with Crippen molar-refractivity contribution in [2.45, 2.75) is 26.8 Å². The molecular formula is C20H23N3O4S. The fraction of sp³-hybridized carbons (Fsp3) is 0.300. The van der Waals surface area contributed by atoms with E-state index in [4.69, 9.17) is 0 Å². The lowest BCUT2D eigenvalue weighted by Crippen LogP contribution is -2.52. The zero-order valence-electron chi connectivity index (χ0n) is 16.3. The van der Waals surface area contributed by atoms with Gasteiger partial charge in [0.25, 0.3) is 5.91 Å². The maximum absolute atomic E-state index is 13.3. The van der Waals surface area contributed by atoms with Crippen molar-refractivity contribution < 1.29 is 18.0 Å². The molecule has 0 saturated heterocycles. The Hall–Kier alpha value is -2.87. The summed E-state index contributed by atoms with van der Waals surface area (Å²) in [6.45, 7) is 5.12. The van der Waals surface area contributed by atoms with Crippen molar-refractivity contribution >= 4 is 38.9 Å². The molecule has 0 fully saturated rings. The standard InChI is InChI=1S/C20H23N3O4S/c1-13-9-14(2)11-16(10-13)23(28(4,26)27)15(3)20(25)22-12-19(24)21-17-7-5-6-8-18(17)22/h5-11,15H,12H2,1-4H3,(H,21,24)/t15-/m0/s1. The van der Waals surface area contributed by atoms with E-state index in [2.05, 4.69) is 5.32 Å². The molecule has 0 spiro atoms. The number of benzene rings is 2. The number of nitrogens with zero attached hydrogens (tertiary/aromatic N) is 2. The molecule has 148 valence electrons. The van der Waals surface area contributed by atoms with Gasteiger partial charge in [-0.3, -0.25) is 18.8 Å². The molecule has 0 bridgehead atoms. The number of fused-ring (bicyclic) bond motifs is 1. The average molecular weight is 401 g/mol. The highest BCUT2D eigenvalue weighted by atomic mass is 32.2. The van der Waals surface area contributed by atoms with Crippen LogP contribution in [-0.2, 0) is 19.6 Å². The molecule has 0 aliphatic carbocycles. The van der Waals surface area contributed by atoms with E-state index < -0.39 is 22.0 Å². The monoisotopic (exact) mass is 401 g/mol. The molecule has 2 amide bonds. The minimum atomic E-state index is -3.74. The summed E-state index contributed by atoms with van der Waals surface area (Å²) in [5, 5.41) is 2.73. The molecule has 1 atom stereocenters. The van der Waals surface area contributed by atoms with E-state index in [1.165, 1.54) is 11.8 Å². The van der Waals surface area contributed by atoms with Gasteiger partial charge in [-0.25, -0.2) is 8.42 Å². The smallest absolute Gasteiger partial charge is 0.251 e. The zero-order chi connectivity index (χ0) is 20.6. The Kier molecular flexibility index (Phi) is 5.16. The molecular weight excluding hydrogens is 378 g/mol. The lowest BCUT2D eigenvalue weighted by molar-refractivity contribution is -0.122. The highest BCUT2D eigenvalue weighted by molar-refractivity contribution is 7.92. The number of carbonyl (C=O) groups excluding carboxylic acids is 2. The molecule has 0 aromatic heterocycles. The minimum absolute atomic E-state index is 0.162. The van der Waals surface area contributed by atoms with Gasteiger partial charge in [-0.05, 0) is 56.2 Å². The predicted molar refractivity (Wildman–Crippen MR) is 110 cm³/mol. The first-order valence-corrected chi connectivity index (χ1v) is 10.7. The third-order valence-corrected chi connectivity index (χ3v) is 5.81. The highest BCUT2D eigenvalue weighted by Crippen LogP contribution is 2.31. The zero-order valence-corrected chi connectivity index (χ0v) is 17.1. The van der Waals surface area contributed by atoms with Crippen molar-refractivity contribution in [3.8, 4) is 0 Å². The number of hydrogen-bond donors (Lipinski definition) is 1. The molecule has 0 unspecified atom stereocenters. The molecule has 1 heterocycles. The Morgan fingerprint density at radius 1 is 1.14 bits per heavy atom. The second-order valence-corrected chi connectivity index (χ2v) is 8.93. The molecule has 1 N–H and O–H groups in total. The van der Waals surface area contributed by atoms with Gasteiger partial charge in [0.2, 0.25) is 15.9 Å². The van der Waals surface area contributed by atoms with Gasteiger partial charge in [0.1, 0.15) is 12.6 Å². The van der Waals surface area contributed by atoms with Crippen LogP contribution in [0.25, 0.3) is 0 Å². The van der Waals surface area contributed by atoms with Gasteiger partial charge < -0.3 is 5.32 Å². The molecule has 2 aromatic carbocycles. The Morgan fingerprint density at radius 3 is 2.36 bits per heavy atom. The van der Waals surface area contributed by atoms with Crippen molar-refractivity contribution in [2.24, 2.45) is 0 Å². The molecule has 0 radical (unpaired) electrons. The summed E-state index contributed by atoms with van der Waals surface area (Å²) in [5.74, 6) is -0.788. The molecule has 1 aliphatic heterocycles. The quantitative estimate of drug-likeness (QED) is 0.853. The van der Waals surface area contributed by atoms with E-state index in [0.29, 0.717) is 17.1 Å². The van der Waals surface area contributed by atoms with Crippen LogP contribution in [0.4, 0.5) is 17.1 Å². The van der Waals surface area contributed by atoms with Crippen molar-refractivity contribution in [3.05, 3.63) is 53.6 Å². The van der Waals surface area contributed by atoms with Crippen molar-refractivity contribution in [2.75, 3.05) is 27.3 Å². The molecule has 7 nitrogen and oxygen atoms in total. The summed E-state index contributed by atoms with van der Waals surface area (Å²) in [5.41, 5.74) is 3.29. The van der Waals surface area contributed by atoms with E-state index in [9.17, 15) is 18.0 Å². The Morgan fingerprint density at radius 2 is 1.75 bits per heavy atom. The largest absolute Gasteiger partial charge is 0.323 e. The number of sulfonamides is 1. The molecule has 3 rings (SSSR count). The van der Waals surface area contributed by atoms with Gasteiger partial charge in [-0.1, -0.05) is 18.2 Å². The van der Waals surface area contributed by atoms with Crippen LogP contribution in [0.15, 0.2) is 42.5 Å². The minimum Gasteiger partial charge on any atom is -0.323 e. The maximum Gasteiger partial charge on any atom is 0.251 e. The number of carbonyl (C=O) groups is 2. The van der Waals surface area contributed by atoms with Crippen LogP contribution in [0.2, 0.25) is 0 Å². The third kappa shape index (κ3) is 3.87. The summed E-state index contributed by atoms with van der Waals surface area (Å²) in [6.07, 6.45) is 1.07. The molecule has 8 heteroatoms. The second kappa shape index (κ2) is 7.27. The first-order valence-electron chi connectivity index (χ1n) is 8.86. The van der Waals surface area contributed by atoms with Crippen molar-refractivity contribution in [1.29, 1.82) is 0 Å². The fourth-order valence-electron chi connectivity index (χ4n) is 3.54. The van der Waals surface area contributed by atoms with E-state index >= 15 is 0 Å². The topological polar surface area (TPSA) is 86.8 Å². The van der Waals surface area contributed by atoms with Crippen LogP contribution in [0.3, 0.4) is 0 Å². The predicted octanol–water partition coefficient (Wildman–Crippen LogP) is 2.44. The molecule has 28 heavy (non-hydrogen) atoms. The molecule has 2 aromatic rings. The Bertz CT molecular complexity index is 1030. The SMILES string of the molecule is Cc1cc(C)cc(N([C@@H](C)C(=O)N2CC(=O)Nc3ccccc32)S(C)(=O)=O)c1. The van der Waals surface area contributed by atoms with Gasteiger partial charge in [0.15, 0.2) is 0 Å². The first kappa shape index (κ1) is 19.9. The summed E-state index contributed by atoms with van der Waals surface area (Å²) in [6, 6.07) is 11.3. The number of rotatable bonds is 4. The van der Waals surface area contributed by atoms with Crippen LogP contribution in [0.1, 0.15) is 18.1 Å². The van der Waals surface area contributed by atoms with E-state index in [0.717, 1.165) is 21.7 Å². The summed E-state index contributed by atoms with van der Waals surface area (Å²) in [7, 11) is -3.74. The van der Waals surface area contributed by atoms with E-state index in [1.54, 1.807) is 36.4 Å². The highest BCUT2D eigenvalue weighted by Gasteiger charge is 2.35. The summed E-state index contributed by atoms with van der Waals surface area (Å²) >= 11 is 0. The summed E-state index contributed by atoms with van der Waals surface area (Å²) in [4.78, 5) is 26.7. The Labute approximate surface area is 165 Å². The maximum atomic E-state index is 13.3. The number of amides is 2. The van der Waals surface area contributed by atoms with Crippen molar-refractivity contribution in [3.63, 3.8) is 0 Å². The van der Waals surface area contributed by atoms with Gasteiger partial charge >= 0.3 is 0 Å². The average Bonchev–Trinajstić information content (AvgIpc) is 2.58. The number of para-hydroxylation sites is 2. The normalized spacial score (nSPS) is 14.9. The van der Waals surface area contributed by atoms with Crippen LogP contribution in [0, 0.1) is 13.8 Å². The fourth-order valence-corrected chi connectivity index (χ4v) is 4.69. The van der Waals surface area contributed by atoms with E-state index in [1.807, 2.05) is 19.9 Å². The van der Waals surface area contributed by atoms with Crippen molar-refractivity contribution in [1.82, 2.24) is 0 Å². The van der Waals surface area contributed by atoms with E-state index in [-0.39, 0.29) is 12.5 Å². The van der Waals surface area contributed by atoms with Gasteiger partial charge in [0.05, 0.1) is 23.3 Å². The summed E-state index contributed by atoms with van der Waals surface area (Å²) < 4.78 is 26.3. The Balaban J connectivity index is 2.03. The van der Waals surface area contributed by atoms with Gasteiger partial charge in [0, 0.05) is 0 Å². The van der Waals surface area contributed by atoms with Crippen LogP contribution in [0.5, 0.6) is 0 Å². The third-order valence-electron chi connectivity index (χ3n) is 4.56.